The molecule has 180 valence electrons. The SMILES string of the molecule is CCNCCc1ccc(C[As](CC)c2cc(OC)ccc2[C@@H]2CCc3cc(O)ccc3C2)cc1. The molecule has 0 bridgehead atoms. The normalized spacial score (nSPS) is 16.1. The summed E-state index contributed by atoms with van der Waals surface area (Å²) in [5.74, 6) is 1.90. The van der Waals surface area contributed by atoms with E-state index in [1.807, 2.05) is 12.1 Å². The van der Waals surface area contributed by atoms with Gasteiger partial charge in [0.25, 0.3) is 0 Å². The van der Waals surface area contributed by atoms with Crippen molar-refractivity contribution in [2.24, 2.45) is 0 Å². The fourth-order valence-corrected chi connectivity index (χ4v) is 9.95. The standard InChI is InChI=1S/C30H38AsNO2/c1-4-31(21-23-8-6-22(7-9-23)16-17-32-5-2)30-20-28(34-3)14-15-29(30)26-11-10-25-19-27(33)13-12-24(25)18-26/h6-9,12-15,19-20,26,32-33H,4-5,10-11,16-18,21H2,1-3H3/t26-,31?/m1/s1. The second kappa shape index (κ2) is 12.0. The molecule has 4 rings (SSSR count). The van der Waals surface area contributed by atoms with Gasteiger partial charge in [0.15, 0.2) is 0 Å². The summed E-state index contributed by atoms with van der Waals surface area (Å²) >= 11 is -1.30. The van der Waals surface area contributed by atoms with Crippen molar-refractivity contribution in [3.63, 3.8) is 0 Å². The minimum absolute atomic E-state index is 0.383. The van der Waals surface area contributed by atoms with Gasteiger partial charge in [-0.1, -0.05) is 0 Å². The zero-order valence-corrected chi connectivity index (χ0v) is 22.7. The number of fused-ring (bicyclic) bond motifs is 1. The fourth-order valence-electron chi connectivity index (χ4n) is 5.08. The van der Waals surface area contributed by atoms with E-state index < -0.39 is 14.7 Å². The molecule has 2 N–H and O–H groups in total. The van der Waals surface area contributed by atoms with Crippen LogP contribution in [0.5, 0.6) is 11.5 Å². The molecule has 0 heterocycles. The van der Waals surface area contributed by atoms with Crippen molar-refractivity contribution < 1.29 is 9.84 Å². The van der Waals surface area contributed by atoms with E-state index in [1.54, 1.807) is 11.5 Å². The van der Waals surface area contributed by atoms with Gasteiger partial charge in [0.1, 0.15) is 0 Å². The van der Waals surface area contributed by atoms with E-state index in [9.17, 15) is 5.11 Å². The molecular formula is C30H38AsNO2. The first-order valence-electron chi connectivity index (χ1n) is 12.6. The Balaban J connectivity index is 1.56. The van der Waals surface area contributed by atoms with Crippen molar-refractivity contribution >= 4 is 19.0 Å². The third kappa shape index (κ3) is 6.06. The topological polar surface area (TPSA) is 41.5 Å². The molecular weight excluding hydrogens is 481 g/mol. The Bertz CT molecular complexity index is 1080. The van der Waals surface area contributed by atoms with Gasteiger partial charge >= 0.3 is 210 Å². The van der Waals surface area contributed by atoms with Crippen LogP contribution in [0.25, 0.3) is 0 Å². The van der Waals surface area contributed by atoms with E-state index in [2.05, 4.69) is 67.7 Å². The summed E-state index contributed by atoms with van der Waals surface area (Å²) in [7, 11) is 1.78. The molecule has 1 aliphatic carbocycles. The Morgan fingerprint density at radius 1 is 0.971 bits per heavy atom. The molecule has 0 saturated carbocycles. The number of aryl methyl sites for hydroxylation is 1. The van der Waals surface area contributed by atoms with Crippen LogP contribution in [0.3, 0.4) is 0 Å². The van der Waals surface area contributed by atoms with E-state index in [-0.39, 0.29) is 0 Å². The van der Waals surface area contributed by atoms with E-state index in [1.165, 1.54) is 38.2 Å². The summed E-state index contributed by atoms with van der Waals surface area (Å²) in [6.45, 7) is 6.59. The van der Waals surface area contributed by atoms with Crippen LogP contribution in [0.4, 0.5) is 0 Å². The molecule has 0 fully saturated rings. The number of ether oxygens (including phenoxy) is 1. The molecule has 0 radical (unpaired) electrons. The van der Waals surface area contributed by atoms with Crippen LogP contribution in [0.2, 0.25) is 5.21 Å². The quantitative estimate of drug-likeness (QED) is 0.281. The number of phenols is 1. The van der Waals surface area contributed by atoms with E-state index >= 15 is 0 Å². The van der Waals surface area contributed by atoms with Crippen molar-refractivity contribution in [3.8, 4) is 11.5 Å². The van der Waals surface area contributed by atoms with Crippen molar-refractivity contribution in [2.75, 3.05) is 20.2 Å². The van der Waals surface area contributed by atoms with Crippen LogP contribution in [0.15, 0.2) is 60.7 Å². The summed E-state index contributed by atoms with van der Waals surface area (Å²) in [6.07, 6.45) is 4.32. The monoisotopic (exact) mass is 519 g/mol. The van der Waals surface area contributed by atoms with Crippen molar-refractivity contribution in [1.82, 2.24) is 5.32 Å². The number of hydrogen-bond donors (Lipinski definition) is 2. The number of aromatic hydroxyl groups is 1. The number of methoxy groups -OCH3 is 1. The second-order valence-corrected chi connectivity index (χ2v) is 14.5. The van der Waals surface area contributed by atoms with Crippen molar-refractivity contribution in [1.29, 1.82) is 0 Å². The fraction of sp³-hybridized carbons (Fsp3) is 0.400. The molecule has 34 heavy (non-hydrogen) atoms. The molecule has 1 unspecified atom stereocenters. The van der Waals surface area contributed by atoms with Gasteiger partial charge < -0.3 is 0 Å². The van der Waals surface area contributed by atoms with Crippen molar-refractivity contribution in [3.05, 3.63) is 88.5 Å². The van der Waals surface area contributed by atoms with Gasteiger partial charge in [-0.05, 0) is 0 Å². The van der Waals surface area contributed by atoms with Gasteiger partial charge in [-0.2, -0.15) is 0 Å². The maximum absolute atomic E-state index is 9.88. The van der Waals surface area contributed by atoms with Gasteiger partial charge in [0.2, 0.25) is 0 Å². The first-order valence-corrected chi connectivity index (χ1v) is 16.2. The molecule has 3 aromatic rings. The summed E-state index contributed by atoms with van der Waals surface area (Å²) in [4.78, 5) is 0. The molecule has 2 atom stereocenters. The van der Waals surface area contributed by atoms with Gasteiger partial charge in [-0.25, -0.2) is 0 Å². The van der Waals surface area contributed by atoms with Crippen LogP contribution < -0.4 is 14.4 Å². The van der Waals surface area contributed by atoms with Crippen molar-refractivity contribution in [2.45, 2.75) is 55.9 Å². The van der Waals surface area contributed by atoms with Crippen LogP contribution in [0.1, 0.15) is 54.0 Å². The number of rotatable bonds is 10. The van der Waals surface area contributed by atoms with E-state index in [0.717, 1.165) is 44.5 Å². The summed E-state index contributed by atoms with van der Waals surface area (Å²) in [6, 6.07) is 22.1. The second-order valence-electron chi connectivity index (χ2n) is 9.25. The number of nitrogens with one attached hydrogen (secondary N) is 1. The molecule has 0 amide bonds. The minimum atomic E-state index is -1.30. The number of phenolic OH excluding ortho intramolecular Hbond substituents is 1. The van der Waals surface area contributed by atoms with Gasteiger partial charge in [0.05, 0.1) is 0 Å². The molecule has 3 nitrogen and oxygen atoms in total. The molecule has 4 heteroatoms. The molecule has 0 saturated heterocycles. The number of likely N-dealkylation sites (N-methyl/N-ethyl adjacent to an activating group) is 1. The third-order valence-electron chi connectivity index (χ3n) is 7.05. The average Bonchev–Trinajstić information content (AvgIpc) is 2.87. The summed E-state index contributed by atoms with van der Waals surface area (Å²) in [5, 5.41) is 15.7. The Labute approximate surface area is 209 Å². The van der Waals surface area contributed by atoms with Gasteiger partial charge in [-0.15, -0.1) is 0 Å². The predicted molar refractivity (Wildman–Crippen MR) is 144 cm³/mol. The molecule has 0 aliphatic heterocycles. The Morgan fingerprint density at radius 2 is 1.76 bits per heavy atom. The Morgan fingerprint density at radius 3 is 2.50 bits per heavy atom. The van der Waals surface area contributed by atoms with E-state index in [0.29, 0.717) is 11.7 Å². The number of hydrogen-bond acceptors (Lipinski definition) is 3. The first kappa shape index (κ1) is 24.9. The van der Waals surface area contributed by atoms with Crippen LogP contribution in [-0.4, -0.2) is 40.0 Å². The molecule has 3 aromatic carbocycles. The molecule has 0 aromatic heterocycles. The average molecular weight is 520 g/mol. The Hall–Kier alpha value is -2.22. The van der Waals surface area contributed by atoms with Crippen LogP contribution >= 0.6 is 0 Å². The Kier molecular flexibility index (Phi) is 8.75. The number of benzene rings is 3. The first-order chi connectivity index (χ1) is 16.6. The third-order valence-corrected chi connectivity index (χ3v) is 12.5. The predicted octanol–water partition coefficient (Wildman–Crippen LogP) is 5.33. The molecule has 0 spiro atoms. The van der Waals surface area contributed by atoms with Gasteiger partial charge in [0, 0.05) is 0 Å². The van der Waals surface area contributed by atoms with E-state index in [4.69, 9.17) is 4.74 Å². The summed E-state index contributed by atoms with van der Waals surface area (Å²) in [5.41, 5.74) is 7.11. The summed E-state index contributed by atoms with van der Waals surface area (Å²) < 4.78 is 7.24. The zero-order valence-electron chi connectivity index (χ0n) is 20.8. The molecule has 1 aliphatic rings. The maximum atomic E-state index is 9.88. The van der Waals surface area contributed by atoms with Crippen LogP contribution in [0, 0.1) is 0 Å². The van der Waals surface area contributed by atoms with Gasteiger partial charge in [-0.3, -0.25) is 0 Å². The van der Waals surface area contributed by atoms with Crippen LogP contribution in [-0.2, 0) is 24.5 Å². The zero-order chi connectivity index (χ0) is 23.9.